The molecule has 1 N–H and O–H groups in total. The van der Waals surface area contributed by atoms with Crippen molar-refractivity contribution in [3.8, 4) is 11.5 Å². The molecule has 0 radical (unpaired) electrons. The van der Waals surface area contributed by atoms with Crippen molar-refractivity contribution >= 4 is 28.1 Å². The first kappa shape index (κ1) is 20.0. The van der Waals surface area contributed by atoms with Crippen LogP contribution in [0.5, 0.6) is 11.5 Å². The first-order valence-corrected chi connectivity index (χ1v) is 8.98. The molecule has 0 aliphatic carbocycles. The number of hydrogen-bond donors (Lipinski definition) is 1. The molecule has 0 heterocycles. The Bertz CT molecular complexity index is 798. The van der Waals surface area contributed by atoms with Crippen LogP contribution in [0.2, 0.25) is 0 Å². The number of carbonyl (C=O) groups excluding carboxylic acids is 1. The topological polar surface area (TPSA) is 59.9 Å². The molecule has 2 rings (SSSR count). The first-order chi connectivity index (χ1) is 12.3. The van der Waals surface area contributed by atoms with Crippen LogP contribution in [0, 0.1) is 0 Å². The van der Waals surface area contributed by atoms with Gasteiger partial charge in [-0.05, 0) is 56.7 Å². The Labute approximate surface area is 162 Å². The second-order valence-corrected chi connectivity index (χ2v) is 7.58. The minimum atomic E-state index is -0.322. The molecule has 0 saturated heterocycles. The van der Waals surface area contributed by atoms with Crippen LogP contribution in [0.15, 0.2) is 52.0 Å². The number of amides is 1. The van der Waals surface area contributed by atoms with Crippen molar-refractivity contribution in [1.29, 1.82) is 0 Å². The van der Waals surface area contributed by atoms with E-state index in [1.165, 1.54) is 0 Å². The Hall–Kier alpha value is -2.34. The maximum absolute atomic E-state index is 12.0. The van der Waals surface area contributed by atoms with E-state index < -0.39 is 0 Å². The molecule has 0 aliphatic heterocycles. The standard InChI is InChI=1S/C20H23BrN2O3/c1-20(2,3)15-7-5-6-8-17(15)26-13-19(24)23-22-12-14-9-10-18(25-4)16(21)11-14/h5-12H,13H2,1-4H3,(H,23,24)/b22-12+. The third kappa shape index (κ3) is 5.59. The Balaban J connectivity index is 1.91. The van der Waals surface area contributed by atoms with Crippen LogP contribution >= 0.6 is 15.9 Å². The highest BCUT2D eigenvalue weighted by atomic mass is 79.9. The fraction of sp³-hybridized carbons (Fsp3) is 0.300. The van der Waals surface area contributed by atoms with Gasteiger partial charge in [0.25, 0.3) is 5.91 Å². The molecule has 0 atom stereocenters. The lowest BCUT2D eigenvalue weighted by molar-refractivity contribution is -0.123. The number of para-hydroxylation sites is 1. The second-order valence-electron chi connectivity index (χ2n) is 6.72. The Morgan fingerprint density at radius 2 is 1.92 bits per heavy atom. The largest absolute Gasteiger partial charge is 0.496 e. The highest BCUT2D eigenvalue weighted by molar-refractivity contribution is 9.10. The van der Waals surface area contributed by atoms with Gasteiger partial charge in [-0.3, -0.25) is 4.79 Å². The van der Waals surface area contributed by atoms with Gasteiger partial charge in [0.15, 0.2) is 6.61 Å². The number of ether oxygens (including phenoxy) is 2. The highest BCUT2D eigenvalue weighted by Crippen LogP contribution is 2.30. The fourth-order valence-electron chi connectivity index (χ4n) is 2.33. The van der Waals surface area contributed by atoms with Crippen molar-refractivity contribution in [2.45, 2.75) is 26.2 Å². The van der Waals surface area contributed by atoms with Gasteiger partial charge in [-0.1, -0.05) is 39.0 Å². The molecule has 26 heavy (non-hydrogen) atoms. The van der Waals surface area contributed by atoms with Crippen LogP contribution in [-0.2, 0) is 10.2 Å². The number of hydrogen-bond acceptors (Lipinski definition) is 4. The smallest absolute Gasteiger partial charge is 0.277 e. The van der Waals surface area contributed by atoms with Crippen LogP contribution in [0.1, 0.15) is 31.9 Å². The third-order valence-electron chi connectivity index (χ3n) is 3.63. The van der Waals surface area contributed by atoms with E-state index in [1.54, 1.807) is 13.3 Å². The van der Waals surface area contributed by atoms with E-state index in [4.69, 9.17) is 9.47 Å². The van der Waals surface area contributed by atoms with E-state index in [-0.39, 0.29) is 17.9 Å². The molecule has 0 saturated carbocycles. The Morgan fingerprint density at radius 1 is 1.19 bits per heavy atom. The van der Waals surface area contributed by atoms with Crippen LogP contribution in [0.4, 0.5) is 0 Å². The molecule has 5 nitrogen and oxygen atoms in total. The van der Waals surface area contributed by atoms with Crippen molar-refractivity contribution in [1.82, 2.24) is 5.43 Å². The maximum Gasteiger partial charge on any atom is 0.277 e. The summed E-state index contributed by atoms with van der Waals surface area (Å²) >= 11 is 3.41. The summed E-state index contributed by atoms with van der Waals surface area (Å²) in [6.07, 6.45) is 1.56. The van der Waals surface area contributed by atoms with E-state index in [0.717, 1.165) is 21.3 Å². The Morgan fingerprint density at radius 3 is 2.58 bits per heavy atom. The van der Waals surface area contributed by atoms with Gasteiger partial charge in [0.2, 0.25) is 0 Å². The van der Waals surface area contributed by atoms with E-state index in [0.29, 0.717) is 5.75 Å². The lowest BCUT2D eigenvalue weighted by Gasteiger charge is -2.22. The number of methoxy groups -OCH3 is 1. The molecule has 0 bridgehead atoms. The van der Waals surface area contributed by atoms with Crippen LogP contribution < -0.4 is 14.9 Å². The Kier molecular flexibility index (Phi) is 6.80. The summed E-state index contributed by atoms with van der Waals surface area (Å²) in [7, 11) is 1.60. The third-order valence-corrected chi connectivity index (χ3v) is 4.25. The molecule has 0 aromatic heterocycles. The lowest BCUT2D eigenvalue weighted by atomic mass is 9.86. The fourth-order valence-corrected chi connectivity index (χ4v) is 2.89. The van der Waals surface area contributed by atoms with E-state index in [9.17, 15) is 4.79 Å². The molecular weight excluding hydrogens is 396 g/mol. The molecule has 0 unspecified atom stereocenters. The summed E-state index contributed by atoms with van der Waals surface area (Å²) < 4.78 is 11.7. The van der Waals surface area contributed by atoms with Crippen molar-refractivity contribution in [3.05, 3.63) is 58.1 Å². The number of nitrogens with zero attached hydrogens (tertiary/aromatic N) is 1. The summed E-state index contributed by atoms with van der Waals surface area (Å²) in [5.41, 5.74) is 4.29. The lowest BCUT2D eigenvalue weighted by Crippen LogP contribution is -2.25. The molecule has 2 aromatic rings. The normalized spacial score (nSPS) is 11.4. The molecule has 138 valence electrons. The summed E-state index contributed by atoms with van der Waals surface area (Å²) in [6, 6.07) is 13.2. The molecule has 6 heteroatoms. The molecule has 0 spiro atoms. The van der Waals surface area contributed by atoms with Crippen LogP contribution in [0.25, 0.3) is 0 Å². The molecular formula is C20H23BrN2O3. The highest BCUT2D eigenvalue weighted by Gasteiger charge is 2.18. The van der Waals surface area contributed by atoms with Crippen LogP contribution in [-0.4, -0.2) is 25.8 Å². The van der Waals surface area contributed by atoms with Crippen LogP contribution in [0.3, 0.4) is 0 Å². The van der Waals surface area contributed by atoms with Crippen molar-refractivity contribution in [2.24, 2.45) is 5.10 Å². The van der Waals surface area contributed by atoms with Gasteiger partial charge in [0.1, 0.15) is 11.5 Å². The number of rotatable bonds is 6. The molecule has 2 aromatic carbocycles. The summed E-state index contributed by atoms with van der Waals surface area (Å²) in [6.45, 7) is 6.21. The molecule has 0 fully saturated rings. The summed E-state index contributed by atoms with van der Waals surface area (Å²) in [5, 5.41) is 3.96. The minimum absolute atomic E-state index is 0.0625. The van der Waals surface area contributed by atoms with Gasteiger partial charge >= 0.3 is 0 Å². The van der Waals surface area contributed by atoms with E-state index in [1.807, 2.05) is 42.5 Å². The van der Waals surface area contributed by atoms with E-state index in [2.05, 4.69) is 47.2 Å². The number of benzene rings is 2. The average molecular weight is 419 g/mol. The maximum atomic E-state index is 12.0. The zero-order chi connectivity index (χ0) is 19.2. The number of hydrazone groups is 1. The summed E-state index contributed by atoms with van der Waals surface area (Å²) in [4.78, 5) is 12.0. The zero-order valence-corrected chi connectivity index (χ0v) is 17.0. The van der Waals surface area contributed by atoms with Gasteiger partial charge in [-0.15, -0.1) is 0 Å². The van der Waals surface area contributed by atoms with Crippen molar-refractivity contribution < 1.29 is 14.3 Å². The first-order valence-electron chi connectivity index (χ1n) is 8.19. The van der Waals surface area contributed by atoms with E-state index >= 15 is 0 Å². The average Bonchev–Trinajstić information content (AvgIpc) is 2.59. The predicted molar refractivity (Wildman–Crippen MR) is 107 cm³/mol. The zero-order valence-electron chi connectivity index (χ0n) is 15.4. The number of carbonyl (C=O) groups is 1. The van der Waals surface area contributed by atoms with Gasteiger partial charge in [-0.2, -0.15) is 5.10 Å². The SMILES string of the molecule is COc1ccc(/C=N/NC(=O)COc2ccccc2C(C)(C)C)cc1Br. The van der Waals surface area contributed by atoms with Crippen molar-refractivity contribution in [3.63, 3.8) is 0 Å². The minimum Gasteiger partial charge on any atom is -0.496 e. The van der Waals surface area contributed by atoms with Gasteiger partial charge in [-0.25, -0.2) is 5.43 Å². The summed E-state index contributed by atoms with van der Waals surface area (Å²) in [5.74, 6) is 1.12. The second kappa shape index (κ2) is 8.85. The quantitative estimate of drug-likeness (QED) is 0.562. The van der Waals surface area contributed by atoms with Crippen molar-refractivity contribution in [2.75, 3.05) is 13.7 Å². The number of nitrogens with one attached hydrogen (secondary N) is 1. The monoisotopic (exact) mass is 418 g/mol. The number of halogens is 1. The van der Waals surface area contributed by atoms with Gasteiger partial charge in [0, 0.05) is 0 Å². The van der Waals surface area contributed by atoms with Gasteiger partial charge < -0.3 is 9.47 Å². The molecule has 0 aliphatic rings. The van der Waals surface area contributed by atoms with Gasteiger partial charge in [0.05, 0.1) is 17.8 Å². The molecule has 1 amide bonds. The predicted octanol–water partition coefficient (Wildman–Crippen LogP) is 4.28.